The number of nitrogens with zero attached hydrogens (tertiary/aromatic N) is 2. The van der Waals surface area contributed by atoms with Gasteiger partial charge < -0.3 is 10.4 Å². The first-order chi connectivity index (χ1) is 10.9. The fourth-order valence-corrected chi connectivity index (χ4v) is 2.12. The van der Waals surface area contributed by atoms with Crippen molar-refractivity contribution in [3.63, 3.8) is 0 Å². The van der Waals surface area contributed by atoms with Crippen LogP contribution < -0.4 is 5.32 Å². The summed E-state index contributed by atoms with van der Waals surface area (Å²) in [5, 5.41) is 15.5. The Kier molecular flexibility index (Phi) is 4.95. The summed E-state index contributed by atoms with van der Waals surface area (Å²) >= 11 is 0. The van der Waals surface area contributed by atoms with E-state index in [9.17, 15) is 9.59 Å². The van der Waals surface area contributed by atoms with Crippen molar-refractivity contribution in [2.75, 3.05) is 5.32 Å². The topological polar surface area (TPSA) is 84.2 Å². The first kappa shape index (κ1) is 16.5. The van der Waals surface area contributed by atoms with Crippen molar-refractivity contribution >= 4 is 23.6 Å². The van der Waals surface area contributed by atoms with E-state index in [0.29, 0.717) is 5.92 Å². The molecule has 1 amide bonds. The van der Waals surface area contributed by atoms with Gasteiger partial charge in [-0.3, -0.25) is 9.48 Å². The van der Waals surface area contributed by atoms with Crippen LogP contribution in [0.25, 0.3) is 6.08 Å². The van der Waals surface area contributed by atoms with Gasteiger partial charge in [0.2, 0.25) is 5.91 Å². The lowest BCUT2D eigenvalue weighted by atomic mass is 10.0. The summed E-state index contributed by atoms with van der Waals surface area (Å²) in [7, 11) is 1.51. The molecular formula is C17H19N3O3. The molecule has 2 aromatic rings. The summed E-state index contributed by atoms with van der Waals surface area (Å²) in [6.45, 7) is 4.23. The number of nitrogens with one attached hydrogen (secondary N) is 1. The lowest BCUT2D eigenvalue weighted by Gasteiger charge is -2.04. The smallest absolute Gasteiger partial charge is 0.356 e. The molecule has 0 aliphatic heterocycles. The number of aromatic nitrogens is 2. The number of hydrogen-bond acceptors (Lipinski definition) is 3. The zero-order valence-electron chi connectivity index (χ0n) is 13.3. The van der Waals surface area contributed by atoms with E-state index in [1.807, 2.05) is 24.3 Å². The average molecular weight is 313 g/mol. The second-order valence-corrected chi connectivity index (χ2v) is 5.48. The number of carboxylic acids is 1. The molecule has 0 radical (unpaired) electrons. The SMILES string of the molecule is CC(C)c1ccc(/C=C/C(=O)Nc2cnn(C)c2C(=O)O)cc1. The Balaban J connectivity index is 2.06. The highest BCUT2D eigenvalue weighted by Crippen LogP contribution is 2.16. The van der Waals surface area contributed by atoms with Gasteiger partial charge in [-0.1, -0.05) is 38.1 Å². The second kappa shape index (κ2) is 6.91. The Hall–Kier alpha value is -2.89. The Bertz CT molecular complexity index is 743. The van der Waals surface area contributed by atoms with Gasteiger partial charge in [-0.2, -0.15) is 5.10 Å². The van der Waals surface area contributed by atoms with E-state index >= 15 is 0 Å². The van der Waals surface area contributed by atoms with Gasteiger partial charge in [0.05, 0.1) is 11.9 Å². The summed E-state index contributed by atoms with van der Waals surface area (Å²) in [5.74, 6) is -1.10. The van der Waals surface area contributed by atoms with E-state index in [0.717, 1.165) is 5.56 Å². The van der Waals surface area contributed by atoms with Gasteiger partial charge in [0.25, 0.3) is 0 Å². The number of aryl methyl sites for hydroxylation is 1. The first-order valence-corrected chi connectivity index (χ1v) is 7.22. The maximum absolute atomic E-state index is 11.9. The molecular weight excluding hydrogens is 294 g/mol. The molecule has 23 heavy (non-hydrogen) atoms. The number of hydrogen-bond donors (Lipinski definition) is 2. The van der Waals surface area contributed by atoms with Crippen molar-refractivity contribution in [1.29, 1.82) is 0 Å². The minimum Gasteiger partial charge on any atom is -0.476 e. The molecule has 2 rings (SSSR count). The largest absolute Gasteiger partial charge is 0.476 e. The predicted molar refractivity (Wildman–Crippen MR) is 88.4 cm³/mol. The minimum absolute atomic E-state index is 0.0620. The van der Waals surface area contributed by atoms with Crippen molar-refractivity contribution in [2.24, 2.45) is 7.05 Å². The van der Waals surface area contributed by atoms with Crippen molar-refractivity contribution in [2.45, 2.75) is 19.8 Å². The fraction of sp³-hybridized carbons (Fsp3) is 0.235. The van der Waals surface area contributed by atoms with Gasteiger partial charge in [-0.25, -0.2) is 4.79 Å². The Morgan fingerprint density at radius 1 is 1.26 bits per heavy atom. The third-order valence-corrected chi connectivity index (χ3v) is 3.43. The quantitative estimate of drug-likeness (QED) is 0.831. The van der Waals surface area contributed by atoms with E-state index in [1.54, 1.807) is 6.08 Å². The van der Waals surface area contributed by atoms with Gasteiger partial charge in [-0.05, 0) is 23.1 Å². The molecule has 0 bridgehead atoms. The first-order valence-electron chi connectivity index (χ1n) is 7.22. The number of amides is 1. The molecule has 1 aromatic heterocycles. The third-order valence-electron chi connectivity index (χ3n) is 3.43. The highest BCUT2D eigenvalue weighted by atomic mass is 16.4. The monoisotopic (exact) mass is 313 g/mol. The van der Waals surface area contributed by atoms with Crippen LogP contribution in [-0.2, 0) is 11.8 Å². The highest BCUT2D eigenvalue weighted by Gasteiger charge is 2.16. The minimum atomic E-state index is -1.14. The van der Waals surface area contributed by atoms with Gasteiger partial charge in [0, 0.05) is 13.1 Å². The molecule has 0 unspecified atom stereocenters. The molecule has 1 heterocycles. The van der Waals surface area contributed by atoms with E-state index < -0.39 is 11.9 Å². The van der Waals surface area contributed by atoms with Crippen molar-refractivity contribution < 1.29 is 14.7 Å². The molecule has 0 fully saturated rings. The zero-order chi connectivity index (χ0) is 17.0. The summed E-state index contributed by atoms with van der Waals surface area (Å²) < 4.78 is 1.20. The van der Waals surface area contributed by atoms with Crippen LogP contribution in [0, 0.1) is 0 Å². The Labute approximate surface area is 134 Å². The number of rotatable bonds is 5. The van der Waals surface area contributed by atoms with Crippen molar-refractivity contribution in [3.05, 3.63) is 53.4 Å². The third kappa shape index (κ3) is 4.06. The van der Waals surface area contributed by atoms with Crippen LogP contribution in [-0.4, -0.2) is 26.8 Å². The maximum Gasteiger partial charge on any atom is 0.356 e. The van der Waals surface area contributed by atoms with Gasteiger partial charge in [0.15, 0.2) is 5.69 Å². The molecule has 0 atom stereocenters. The molecule has 6 nitrogen and oxygen atoms in total. The van der Waals surface area contributed by atoms with E-state index in [-0.39, 0.29) is 11.4 Å². The van der Waals surface area contributed by atoms with Crippen molar-refractivity contribution in [1.82, 2.24) is 9.78 Å². The van der Waals surface area contributed by atoms with Crippen LogP contribution in [0.3, 0.4) is 0 Å². The average Bonchev–Trinajstić information content (AvgIpc) is 2.86. The number of benzene rings is 1. The van der Waals surface area contributed by atoms with Gasteiger partial charge in [0.1, 0.15) is 0 Å². The number of anilines is 1. The highest BCUT2D eigenvalue weighted by molar-refractivity contribution is 6.05. The van der Waals surface area contributed by atoms with Crippen LogP contribution in [0.15, 0.2) is 36.5 Å². The lowest BCUT2D eigenvalue weighted by Crippen LogP contribution is -2.13. The van der Waals surface area contributed by atoms with Crippen LogP contribution in [0.2, 0.25) is 0 Å². The Morgan fingerprint density at radius 2 is 1.91 bits per heavy atom. The summed E-state index contributed by atoms with van der Waals surface area (Å²) in [6, 6.07) is 7.91. The van der Waals surface area contributed by atoms with Crippen molar-refractivity contribution in [3.8, 4) is 0 Å². The van der Waals surface area contributed by atoms with Gasteiger partial charge in [-0.15, -0.1) is 0 Å². The lowest BCUT2D eigenvalue weighted by molar-refractivity contribution is -0.111. The number of aromatic carboxylic acids is 1. The van der Waals surface area contributed by atoms with E-state index in [2.05, 4.69) is 24.3 Å². The normalized spacial score (nSPS) is 11.1. The molecule has 1 aromatic carbocycles. The molecule has 0 aliphatic rings. The molecule has 0 aliphatic carbocycles. The molecule has 0 spiro atoms. The summed E-state index contributed by atoms with van der Waals surface area (Å²) in [4.78, 5) is 23.0. The molecule has 120 valence electrons. The second-order valence-electron chi connectivity index (χ2n) is 5.48. The number of carbonyl (C=O) groups excluding carboxylic acids is 1. The Morgan fingerprint density at radius 3 is 2.48 bits per heavy atom. The van der Waals surface area contributed by atoms with Crippen LogP contribution in [0.4, 0.5) is 5.69 Å². The van der Waals surface area contributed by atoms with E-state index in [1.165, 1.54) is 29.6 Å². The molecule has 6 heteroatoms. The molecule has 0 saturated carbocycles. The number of carboxylic acid groups (broad SMARTS) is 1. The number of carbonyl (C=O) groups is 2. The predicted octanol–water partition coefficient (Wildman–Crippen LogP) is 2.89. The summed E-state index contributed by atoms with van der Waals surface area (Å²) in [6.07, 6.45) is 4.35. The van der Waals surface area contributed by atoms with Crippen LogP contribution >= 0.6 is 0 Å². The van der Waals surface area contributed by atoms with Crippen LogP contribution in [0.1, 0.15) is 41.4 Å². The standard InChI is InChI=1S/C17H19N3O3/c1-11(2)13-7-4-12(5-8-13)6-9-15(21)19-14-10-18-20(3)16(14)17(22)23/h4-11H,1-3H3,(H,19,21)(H,22,23)/b9-6+. The fourth-order valence-electron chi connectivity index (χ4n) is 2.12. The molecule has 2 N–H and O–H groups in total. The maximum atomic E-state index is 11.9. The van der Waals surface area contributed by atoms with Gasteiger partial charge >= 0.3 is 5.97 Å². The zero-order valence-corrected chi connectivity index (χ0v) is 13.3. The molecule has 0 saturated heterocycles. The van der Waals surface area contributed by atoms with Crippen LogP contribution in [0.5, 0.6) is 0 Å². The summed E-state index contributed by atoms with van der Waals surface area (Å²) in [5.41, 5.74) is 2.24. The van der Waals surface area contributed by atoms with E-state index in [4.69, 9.17) is 5.11 Å².